The molecule has 2 N–H and O–H groups in total. The first kappa shape index (κ1) is 14.9. The summed E-state index contributed by atoms with van der Waals surface area (Å²) in [4.78, 5) is 29.0. The Morgan fingerprint density at radius 3 is 2.90 bits per heavy atom. The van der Waals surface area contributed by atoms with Gasteiger partial charge in [0, 0.05) is 17.5 Å². The van der Waals surface area contributed by atoms with Crippen molar-refractivity contribution >= 4 is 28.7 Å². The maximum absolute atomic E-state index is 12.5. The Morgan fingerprint density at radius 1 is 1.57 bits per heavy atom. The summed E-state index contributed by atoms with van der Waals surface area (Å²) in [6, 6.07) is 5.00. The summed E-state index contributed by atoms with van der Waals surface area (Å²) < 4.78 is 0. The lowest BCUT2D eigenvalue weighted by Gasteiger charge is -2.20. The van der Waals surface area contributed by atoms with E-state index in [1.807, 2.05) is 24.4 Å². The van der Waals surface area contributed by atoms with Gasteiger partial charge >= 0.3 is 0 Å². The Bertz CT molecular complexity index is 657. The summed E-state index contributed by atoms with van der Waals surface area (Å²) in [5, 5.41) is 12.7. The maximum Gasteiger partial charge on any atom is 0.288 e. The Balaban J connectivity index is 2.28. The van der Waals surface area contributed by atoms with Crippen molar-refractivity contribution in [1.82, 2.24) is 9.88 Å². The Kier molecular flexibility index (Phi) is 4.49. The van der Waals surface area contributed by atoms with Crippen LogP contribution >= 0.6 is 11.3 Å². The number of nitro groups is 1. The molecule has 8 heteroatoms. The summed E-state index contributed by atoms with van der Waals surface area (Å²) in [6.07, 6.45) is 1.04. The monoisotopic (exact) mass is 306 g/mol. The SMILES string of the molecule is CCN(Cc1cccs1)C(=O)c1cc([N+](=O)[O-])cnc1N. The molecule has 0 aliphatic carbocycles. The number of carbonyl (C=O) groups is 1. The molecule has 0 saturated heterocycles. The number of amides is 1. The van der Waals surface area contributed by atoms with Crippen LogP contribution in [0.5, 0.6) is 0 Å². The second kappa shape index (κ2) is 6.31. The Morgan fingerprint density at radius 2 is 2.33 bits per heavy atom. The molecule has 0 fully saturated rings. The fraction of sp³-hybridized carbons (Fsp3) is 0.231. The average molecular weight is 306 g/mol. The summed E-state index contributed by atoms with van der Waals surface area (Å²) in [5.74, 6) is -0.366. The Labute approximate surface area is 125 Å². The highest BCUT2D eigenvalue weighted by Gasteiger charge is 2.21. The molecule has 0 aliphatic rings. The van der Waals surface area contributed by atoms with Crippen LogP contribution in [0.15, 0.2) is 29.8 Å². The van der Waals surface area contributed by atoms with E-state index < -0.39 is 4.92 Å². The molecule has 2 aromatic heterocycles. The minimum Gasteiger partial charge on any atom is -0.383 e. The molecule has 0 spiro atoms. The third-order valence-electron chi connectivity index (χ3n) is 2.94. The number of aromatic nitrogens is 1. The minimum atomic E-state index is -0.598. The van der Waals surface area contributed by atoms with Crippen LogP contribution in [0, 0.1) is 10.1 Å². The average Bonchev–Trinajstić information content (AvgIpc) is 2.97. The smallest absolute Gasteiger partial charge is 0.288 e. The van der Waals surface area contributed by atoms with Gasteiger partial charge in [0.15, 0.2) is 0 Å². The number of anilines is 1. The molecule has 0 aromatic carbocycles. The van der Waals surface area contributed by atoms with Crippen molar-refractivity contribution in [2.24, 2.45) is 0 Å². The van der Waals surface area contributed by atoms with Crippen LogP contribution in [-0.4, -0.2) is 27.3 Å². The maximum atomic E-state index is 12.5. The van der Waals surface area contributed by atoms with Crippen LogP contribution in [-0.2, 0) is 6.54 Å². The first-order valence-electron chi connectivity index (χ1n) is 6.24. The summed E-state index contributed by atoms with van der Waals surface area (Å²) in [5.41, 5.74) is 5.49. The fourth-order valence-electron chi connectivity index (χ4n) is 1.82. The first-order valence-corrected chi connectivity index (χ1v) is 7.12. The quantitative estimate of drug-likeness (QED) is 0.674. The van der Waals surface area contributed by atoms with E-state index in [1.54, 1.807) is 16.2 Å². The van der Waals surface area contributed by atoms with E-state index in [0.29, 0.717) is 13.1 Å². The normalized spacial score (nSPS) is 10.3. The number of nitrogen functional groups attached to an aromatic ring is 1. The summed E-state index contributed by atoms with van der Waals surface area (Å²) in [7, 11) is 0. The molecule has 0 unspecified atom stereocenters. The van der Waals surface area contributed by atoms with Crippen LogP contribution in [0.2, 0.25) is 0 Å². The number of hydrogen-bond acceptors (Lipinski definition) is 6. The lowest BCUT2D eigenvalue weighted by Crippen LogP contribution is -2.30. The van der Waals surface area contributed by atoms with Crippen molar-refractivity contribution in [2.75, 3.05) is 12.3 Å². The molecular weight excluding hydrogens is 292 g/mol. The predicted octanol–water partition coefficient (Wildman–Crippen LogP) is 2.30. The molecular formula is C13H14N4O3S. The van der Waals surface area contributed by atoms with E-state index in [4.69, 9.17) is 5.73 Å². The van der Waals surface area contributed by atoms with Gasteiger partial charge in [-0.25, -0.2) is 4.98 Å². The molecule has 0 atom stereocenters. The van der Waals surface area contributed by atoms with Gasteiger partial charge in [0.1, 0.15) is 12.0 Å². The van der Waals surface area contributed by atoms with Crippen molar-refractivity contribution in [1.29, 1.82) is 0 Å². The molecule has 0 aliphatic heterocycles. The van der Waals surface area contributed by atoms with Gasteiger partial charge < -0.3 is 10.6 Å². The molecule has 21 heavy (non-hydrogen) atoms. The van der Waals surface area contributed by atoms with Gasteiger partial charge in [0.25, 0.3) is 11.6 Å². The van der Waals surface area contributed by atoms with E-state index in [9.17, 15) is 14.9 Å². The molecule has 2 aromatic rings. The van der Waals surface area contributed by atoms with Crippen molar-refractivity contribution in [3.8, 4) is 0 Å². The lowest BCUT2D eigenvalue weighted by atomic mass is 10.2. The molecule has 0 bridgehead atoms. The molecule has 0 saturated carbocycles. The molecule has 2 rings (SSSR count). The van der Waals surface area contributed by atoms with Crippen LogP contribution in [0.1, 0.15) is 22.2 Å². The van der Waals surface area contributed by atoms with Crippen molar-refractivity contribution < 1.29 is 9.72 Å². The third kappa shape index (κ3) is 3.34. The predicted molar refractivity (Wildman–Crippen MR) is 80.0 cm³/mol. The number of carbonyl (C=O) groups excluding carboxylic acids is 1. The highest BCUT2D eigenvalue weighted by molar-refractivity contribution is 7.09. The number of nitrogens with two attached hydrogens (primary N) is 1. The van der Waals surface area contributed by atoms with Gasteiger partial charge in [-0.3, -0.25) is 14.9 Å². The molecule has 110 valence electrons. The highest BCUT2D eigenvalue weighted by atomic mass is 32.1. The molecule has 7 nitrogen and oxygen atoms in total. The standard InChI is InChI=1S/C13H14N4O3S/c1-2-16(8-10-4-3-5-21-10)13(18)11-6-9(17(19)20)7-15-12(11)14/h3-7H,2,8H2,1H3,(H2,14,15). The summed E-state index contributed by atoms with van der Waals surface area (Å²) >= 11 is 1.54. The number of thiophene rings is 1. The van der Waals surface area contributed by atoms with E-state index in [1.165, 1.54) is 6.07 Å². The zero-order valence-corrected chi connectivity index (χ0v) is 12.2. The van der Waals surface area contributed by atoms with Gasteiger partial charge in [-0.2, -0.15) is 0 Å². The number of nitrogens with zero attached hydrogens (tertiary/aromatic N) is 3. The fourth-order valence-corrected chi connectivity index (χ4v) is 2.54. The third-order valence-corrected chi connectivity index (χ3v) is 3.80. The van der Waals surface area contributed by atoms with Crippen LogP contribution in [0.4, 0.5) is 11.5 Å². The second-order valence-electron chi connectivity index (χ2n) is 4.28. The first-order chi connectivity index (χ1) is 10.0. The number of pyridine rings is 1. The van der Waals surface area contributed by atoms with E-state index in [2.05, 4.69) is 4.98 Å². The lowest BCUT2D eigenvalue weighted by molar-refractivity contribution is -0.385. The number of hydrogen-bond donors (Lipinski definition) is 1. The zero-order chi connectivity index (χ0) is 15.4. The summed E-state index contributed by atoms with van der Waals surface area (Å²) in [6.45, 7) is 2.75. The van der Waals surface area contributed by atoms with Gasteiger partial charge in [0.05, 0.1) is 17.0 Å². The molecule has 2 heterocycles. The van der Waals surface area contributed by atoms with Crippen molar-refractivity contribution in [3.05, 3.63) is 50.3 Å². The van der Waals surface area contributed by atoms with E-state index in [-0.39, 0.29) is 23.0 Å². The van der Waals surface area contributed by atoms with Gasteiger partial charge in [-0.15, -0.1) is 11.3 Å². The minimum absolute atomic E-state index is 0.00442. The van der Waals surface area contributed by atoms with E-state index in [0.717, 1.165) is 11.1 Å². The van der Waals surface area contributed by atoms with Crippen LogP contribution in [0.3, 0.4) is 0 Å². The van der Waals surface area contributed by atoms with E-state index >= 15 is 0 Å². The van der Waals surface area contributed by atoms with Crippen LogP contribution < -0.4 is 5.73 Å². The Hall–Kier alpha value is -2.48. The van der Waals surface area contributed by atoms with Gasteiger partial charge in [0.2, 0.25) is 0 Å². The highest BCUT2D eigenvalue weighted by Crippen LogP contribution is 2.20. The van der Waals surface area contributed by atoms with Gasteiger partial charge in [-0.1, -0.05) is 6.07 Å². The zero-order valence-electron chi connectivity index (χ0n) is 11.4. The largest absolute Gasteiger partial charge is 0.383 e. The van der Waals surface area contributed by atoms with Crippen molar-refractivity contribution in [2.45, 2.75) is 13.5 Å². The van der Waals surface area contributed by atoms with Gasteiger partial charge in [-0.05, 0) is 18.4 Å². The van der Waals surface area contributed by atoms with Crippen molar-refractivity contribution in [3.63, 3.8) is 0 Å². The van der Waals surface area contributed by atoms with Crippen LogP contribution in [0.25, 0.3) is 0 Å². The molecule has 1 amide bonds. The topological polar surface area (TPSA) is 102 Å². The molecule has 0 radical (unpaired) electrons. The second-order valence-corrected chi connectivity index (χ2v) is 5.31. The number of rotatable bonds is 5.